The molecule has 0 saturated heterocycles. The molecule has 2 nitrogen and oxygen atoms in total. The van der Waals surface area contributed by atoms with Gasteiger partial charge in [0.1, 0.15) is 0 Å². The first-order valence-corrected chi connectivity index (χ1v) is 10.4. The Balaban J connectivity index is 1.87. The maximum Gasteiger partial charge on any atom is 0.243 e. The summed E-state index contributed by atoms with van der Waals surface area (Å²) in [5.41, 5.74) is 3.56. The molecule has 0 fully saturated rings. The predicted molar refractivity (Wildman–Crippen MR) is 130 cm³/mol. The van der Waals surface area contributed by atoms with Gasteiger partial charge in [-0.25, -0.2) is 0 Å². The fraction of sp³-hybridized carbons (Fsp3) is 0.0323. The van der Waals surface area contributed by atoms with E-state index >= 15 is 0 Å². The molecule has 154 valence electrons. The van der Waals surface area contributed by atoms with Crippen molar-refractivity contribution in [2.45, 2.75) is 6.92 Å². The van der Waals surface area contributed by atoms with Crippen LogP contribution in [0, 0.1) is 35.5 Å². The number of benzene rings is 3. The Morgan fingerprint density at radius 3 is 1.18 bits per heavy atom. The Hall–Kier alpha value is -4.84. The van der Waals surface area contributed by atoms with E-state index in [1.54, 1.807) is 6.92 Å². The topological polar surface area (TPSA) is 34.1 Å². The zero-order valence-corrected chi connectivity index (χ0v) is 18.0. The first kappa shape index (κ1) is 21.4. The van der Waals surface area contributed by atoms with Crippen LogP contribution in [0.3, 0.4) is 0 Å². The summed E-state index contributed by atoms with van der Waals surface area (Å²) < 4.78 is 0. The van der Waals surface area contributed by atoms with Gasteiger partial charge in [0.15, 0.2) is 0 Å². The zero-order chi connectivity index (χ0) is 23.0. The van der Waals surface area contributed by atoms with E-state index in [9.17, 15) is 9.59 Å². The van der Waals surface area contributed by atoms with E-state index in [2.05, 4.69) is 35.5 Å². The van der Waals surface area contributed by atoms with Gasteiger partial charge in [-0.05, 0) is 48.9 Å². The van der Waals surface area contributed by atoms with Crippen molar-refractivity contribution < 1.29 is 9.59 Å². The van der Waals surface area contributed by atoms with Gasteiger partial charge in [-0.3, -0.25) is 9.59 Å². The molecule has 0 saturated carbocycles. The van der Waals surface area contributed by atoms with Gasteiger partial charge in [-0.1, -0.05) is 90.1 Å². The van der Waals surface area contributed by atoms with Gasteiger partial charge < -0.3 is 0 Å². The molecule has 0 radical (unpaired) electrons. The van der Waals surface area contributed by atoms with Crippen molar-refractivity contribution in [1.82, 2.24) is 0 Å². The average Bonchev–Trinajstić information content (AvgIpc) is 2.86. The van der Waals surface area contributed by atoms with Crippen LogP contribution in [0.15, 0.2) is 113 Å². The summed E-state index contributed by atoms with van der Waals surface area (Å²) in [7, 11) is 0. The van der Waals surface area contributed by atoms with Crippen molar-refractivity contribution in [3.8, 4) is 35.5 Å². The summed E-state index contributed by atoms with van der Waals surface area (Å²) in [6.45, 7) is 1.76. The van der Waals surface area contributed by atoms with Crippen LogP contribution in [0.4, 0.5) is 0 Å². The molecule has 3 aromatic carbocycles. The summed E-state index contributed by atoms with van der Waals surface area (Å²) in [5.74, 6) is 16.6. The number of ketones is 2. The van der Waals surface area contributed by atoms with Crippen molar-refractivity contribution >= 4 is 11.6 Å². The molecule has 1 aliphatic rings. The predicted octanol–water partition coefficient (Wildman–Crippen LogP) is 4.91. The van der Waals surface area contributed by atoms with Crippen molar-refractivity contribution in [2.75, 3.05) is 0 Å². The van der Waals surface area contributed by atoms with Crippen LogP contribution >= 0.6 is 0 Å². The Labute approximate surface area is 193 Å². The van der Waals surface area contributed by atoms with E-state index in [4.69, 9.17) is 0 Å². The fourth-order valence-corrected chi connectivity index (χ4v) is 3.22. The molecular formula is C31H18O2. The summed E-state index contributed by atoms with van der Waals surface area (Å²) in [6.07, 6.45) is 0. The van der Waals surface area contributed by atoms with Crippen molar-refractivity contribution in [3.63, 3.8) is 0 Å². The molecule has 0 aromatic heterocycles. The average molecular weight is 422 g/mol. The SMILES string of the molecule is CC1=C(C#Cc2ccccc2)C(=O)C(=O)C(C#Cc2ccccc2)=C1C#Cc1ccccc1. The monoisotopic (exact) mass is 422 g/mol. The van der Waals surface area contributed by atoms with E-state index in [0.717, 1.165) is 16.7 Å². The quantitative estimate of drug-likeness (QED) is 0.293. The van der Waals surface area contributed by atoms with Crippen molar-refractivity contribution in [3.05, 3.63) is 130 Å². The highest BCUT2D eigenvalue weighted by Gasteiger charge is 2.31. The van der Waals surface area contributed by atoms with Crippen LogP contribution in [0.2, 0.25) is 0 Å². The maximum atomic E-state index is 13.1. The number of rotatable bonds is 0. The molecule has 0 amide bonds. The molecule has 0 spiro atoms. The number of hydrogen-bond acceptors (Lipinski definition) is 2. The highest BCUT2D eigenvalue weighted by Crippen LogP contribution is 2.26. The van der Waals surface area contributed by atoms with E-state index in [-0.39, 0.29) is 11.1 Å². The third kappa shape index (κ3) is 5.08. The lowest BCUT2D eigenvalue weighted by molar-refractivity contribution is -0.131. The lowest BCUT2D eigenvalue weighted by Crippen LogP contribution is -2.24. The maximum absolute atomic E-state index is 13.1. The summed E-state index contributed by atoms with van der Waals surface area (Å²) in [4.78, 5) is 26.0. The smallest absolute Gasteiger partial charge is 0.243 e. The van der Waals surface area contributed by atoms with Gasteiger partial charge >= 0.3 is 0 Å². The zero-order valence-electron chi connectivity index (χ0n) is 18.0. The highest BCUT2D eigenvalue weighted by atomic mass is 16.2. The third-order valence-corrected chi connectivity index (χ3v) is 4.98. The fourth-order valence-electron chi connectivity index (χ4n) is 3.22. The van der Waals surface area contributed by atoms with Gasteiger partial charge in [0.25, 0.3) is 0 Å². The highest BCUT2D eigenvalue weighted by molar-refractivity contribution is 6.52. The number of Topliss-reactive ketones (excluding diaryl/α,β-unsaturated/α-hetero) is 2. The van der Waals surface area contributed by atoms with Gasteiger partial charge in [-0.2, -0.15) is 0 Å². The number of allylic oxidation sites excluding steroid dienone is 4. The Morgan fingerprint density at radius 2 is 0.758 bits per heavy atom. The molecule has 3 aromatic rings. The van der Waals surface area contributed by atoms with E-state index in [0.29, 0.717) is 11.1 Å². The van der Waals surface area contributed by atoms with Crippen LogP contribution in [0.1, 0.15) is 23.6 Å². The molecule has 1 aliphatic carbocycles. The molecule has 4 rings (SSSR count). The van der Waals surface area contributed by atoms with Crippen molar-refractivity contribution in [2.24, 2.45) is 0 Å². The molecule has 0 unspecified atom stereocenters. The van der Waals surface area contributed by atoms with Crippen molar-refractivity contribution in [1.29, 1.82) is 0 Å². The second-order valence-electron chi connectivity index (χ2n) is 7.26. The summed E-state index contributed by atoms with van der Waals surface area (Å²) in [5, 5.41) is 0. The minimum atomic E-state index is -0.682. The van der Waals surface area contributed by atoms with E-state index < -0.39 is 11.6 Å². The van der Waals surface area contributed by atoms with Gasteiger partial charge in [0, 0.05) is 22.3 Å². The second-order valence-corrected chi connectivity index (χ2v) is 7.26. The lowest BCUT2D eigenvalue weighted by Gasteiger charge is -2.14. The first-order chi connectivity index (χ1) is 16.1. The van der Waals surface area contributed by atoms with Gasteiger partial charge in [0.2, 0.25) is 11.6 Å². The number of hydrogen-bond donors (Lipinski definition) is 0. The molecular weight excluding hydrogens is 404 g/mol. The van der Waals surface area contributed by atoms with Gasteiger partial charge in [0.05, 0.1) is 11.1 Å². The largest absolute Gasteiger partial charge is 0.284 e. The lowest BCUT2D eigenvalue weighted by atomic mass is 9.84. The molecule has 0 atom stereocenters. The standard InChI is InChI=1S/C31H18O2/c1-23-27(20-17-24-11-5-2-6-12-24)29(22-19-26-15-9-4-10-16-26)31(33)30(32)28(23)21-18-25-13-7-3-8-14-25/h2-16H,1H3. The van der Waals surface area contributed by atoms with E-state index in [1.165, 1.54) is 0 Å². The summed E-state index contributed by atoms with van der Waals surface area (Å²) >= 11 is 0. The van der Waals surface area contributed by atoms with Crippen LogP contribution in [-0.2, 0) is 9.59 Å². The Kier molecular flexibility index (Phi) is 6.47. The molecule has 2 heteroatoms. The third-order valence-electron chi connectivity index (χ3n) is 4.98. The molecule has 0 N–H and O–H groups in total. The second kappa shape index (κ2) is 9.98. The minimum absolute atomic E-state index is 0.107. The molecule has 0 aliphatic heterocycles. The van der Waals surface area contributed by atoms with Crippen LogP contribution < -0.4 is 0 Å². The van der Waals surface area contributed by atoms with Crippen LogP contribution in [0.5, 0.6) is 0 Å². The van der Waals surface area contributed by atoms with E-state index in [1.807, 2.05) is 91.0 Å². The van der Waals surface area contributed by atoms with Crippen LogP contribution in [-0.4, -0.2) is 11.6 Å². The Morgan fingerprint density at radius 1 is 0.424 bits per heavy atom. The van der Waals surface area contributed by atoms with Crippen LogP contribution in [0.25, 0.3) is 0 Å². The Bertz CT molecular complexity index is 1470. The normalized spacial score (nSPS) is 12.8. The number of carbonyl (C=O) groups excluding carboxylic acids is 2. The molecule has 0 heterocycles. The minimum Gasteiger partial charge on any atom is -0.284 e. The molecule has 33 heavy (non-hydrogen) atoms. The molecule has 0 bridgehead atoms. The number of carbonyl (C=O) groups is 2. The first-order valence-electron chi connectivity index (χ1n) is 10.4. The van der Waals surface area contributed by atoms with Gasteiger partial charge in [-0.15, -0.1) is 0 Å². The summed E-state index contributed by atoms with van der Waals surface area (Å²) in [6, 6.07) is 28.1.